The summed E-state index contributed by atoms with van der Waals surface area (Å²) in [4.78, 5) is 8.74. The quantitative estimate of drug-likeness (QED) is 0.476. The monoisotopic (exact) mass is 384 g/mol. The number of hydrogen-bond acceptors (Lipinski definition) is 4. The molecule has 0 spiro atoms. The van der Waals surface area contributed by atoms with Crippen LogP contribution in [0.15, 0.2) is 79.3 Å². The van der Waals surface area contributed by atoms with E-state index in [1.54, 1.807) is 17.1 Å². The van der Waals surface area contributed by atoms with Crippen molar-refractivity contribution in [1.29, 1.82) is 0 Å². The first-order chi connectivity index (χ1) is 14.0. The van der Waals surface area contributed by atoms with Gasteiger partial charge in [0.25, 0.3) is 5.95 Å². The first kappa shape index (κ1) is 18.9. The molecule has 0 saturated carbocycles. The van der Waals surface area contributed by atoms with E-state index in [0.717, 1.165) is 11.4 Å². The van der Waals surface area contributed by atoms with Crippen molar-refractivity contribution in [3.63, 3.8) is 0 Å². The van der Waals surface area contributed by atoms with Gasteiger partial charge in [-0.25, -0.2) is 14.6 Å². The Bertz CT molecular complexity index is 1070. The summed E-state index contributed by atoms with van der Waals surface area (Å²) in [5, 5.41) is 4.16. The highest BCUT2D eigenvalue weighted by atomic mass is 16.5. The Morgan fingerprint density at radius 3 is 2.24 bits per heavy atom. The maximum Gasteiger partial charge on any atom is 0.250 e. The van der Waals surface area contributed by atoms with Crippen LogP contribution in [0.4, 0.5) is 0 Å². The number of nitrogens with zero attached hydrogens (tertiary/aromatic N) is 4. The second-order valence-electron chi connectivity index (χ2n) is 7.60. The van der Waals surface area contributed by atoms with Crippen LogP contribution in [0.2, 0.25) is 0 Å². The standard InChI is InChI=1S/C24H24N4O/c1-18-5-7-19(8-6-18)24(2,3)20-9-11-22(12-10-20)29-17-21-13-15-25-23(27-21)28-16-4-14-26-28/h4-16H,17H2,1-3H3. The molecule has 0 aliphatic carbocycles. The number of benzene rings is 2. The Hall–Kier alpha value is -3.47. The van der Waals surface area contributed by atoms with Gasteiger partial charge in [0.1, 0.15) is 12.4 Å². The van der Waals surface area contributed by atoms with Crippen molar-refractivity contribution >= 4 is 0 Å². The Labute approximate surface area is 171 Å². The molecule has 0 amide bonds. The second-order valence-corrected chi connectivity index (χ2v) is 7.60. The third-order valence-electron chi connectivity index (χ3n) is 5.15. The van der Waals surface area contributed by atoms with Gasteiger partial charge in [0, 0.05) is 24.0 Å². The van der Waals surface area contributed by atoms with E-state index in [2.05, 4.69) is 72.2 Å². The highest BCUT2D eigenvalue weighted by Gasteiger charge is 2.22. The van der Waals surface area contributed by atoms with Crippen LogP contribution in [0.25, 0.3) is 5.95 Å². The van der Waals surface area contributed by atoms with Gasteiger partial charge in [0.2, 0.25) is 0 Å². The van der Waals surface area contributed by atoms with E-state index in [4.69, 9.17) is 4.74 Å². The molecule has 2 heterocycles. The third kappa shape index (κ3) is 4.19. The van der Waals surface area contributed by atoms with Crippen LogP contribution in [-0.4, -0.2) is 19.7 Å². The van der Waals surface area contributed by atoms with Gasteiger partial charge in [-0.15, -0.1) is 0 Å². The van der Waals surface area contributed by atoms with Gasteiger partial charge in [0.05, 0.1) is 5.69 Å². The van der Waals surface area contributed by atoms with E-state index in [-0.39, 0.29) is 5.41 Å². The van der Waals surface area contributed by atoms with Gasteiger partial charge in [-0.1, -0.05) is 55.8 Å². The van der Waals surface area contributed by atoms with Crippen molar-refractivity contribution in [1.82, 2.24) is 19.7 Å². The van der Waals surface area contributed by atoms with Gasteiger partial charge in [0.15, 0.2) is 0 Å². The average Bonchev–Trinajstić information content (AvgIpc) is 3.28. The summed E-state index contributed by atoms with van der Waals surface area (Å²) in [5.41, 5.74) is 4.54. The molecule has 0 aliphatic heterocycles. The fourth-order valence-corrected chi connectivity index (χ4v) is 3.22. The lowest BCUT2D eigenvalue weighted by Crippen LogP contribution is -2.18. The predicted octanol–water partition coefficient (Wildman–Crippen LogP) is 4.88. The summed E-state index contributed by atoms with van der Waals surface area (Å²) in [6.07, 6.45) is 5.23. The minimum absolute atomic E-state index is 0.0719. The van der Waals surface area contributed by atoms with Gasteiger partial charge in [-0.2, -0.15) is 5.10 Å². The summed E-state index contributed by atoms with van der Waals surface area (Å²) >= 11 is 0. The summed E-state index contributed by atoms with van der Waals surface area (Å²) in [6.45, 7) is 6.96. The van der Waals surface area contributed by atoms with Crippen LogP contribution < -0.4 is 4.74 Å². The molecule has 4 rings (SSSR count). The normalized spacial score (nSPS) is 11.4. The zero-order valence-electron chi connectivity index (χ0n) is 16.9. The largest absolute Gasteiger partial charge is 0.487 e. The van der Waals surface area contributed by atoms with Crippen molar-refractivity contribution in [3.05, 3.63) is 102 Å². The van der Waals surface area contributed by atoms with Crippen molar-refractivity contribution in [2.45, 2.75) is 32.8 Å². The number of aromatic nitrogens is 4. The van der Waals surface area contributed by atoms with Crippen LogP contribution in [-0.2, 0) is 12.0 Å². The molecule has 2 aromatic heterocycles. The number of hydrogen-bond donors (Lipinski definition) is 0. The van der Waals surface area contributed by atoms with Crippen LogP contribution >= 0.6 is 0 Å². The molecule has 29 heavy (non-hydrogen) atoms. The van der Waals surface area contributed by atoms with Crippen molar-refractivity contribution in [3.8, 4) is 11.7 Å². The van der Waals surface area contributed by atoms with Crippen molar-refractivity contribution in [2.75, 3.05) is 0 Å². The van der Waals surface area contributed by atoms with Gasteiger partial charge < -0.3 is 4.74 Å². The molecule has 0 unspecified atom stereocenters. The summed E-state index contributed by atoms with van der Waals surface area (Å²) in [7, 11) is 0. The topological polar surface area (TPSA) is 52.8 Å². The van der Waals surface area contributed by atoms with Crippen LogP contribution in [0.5, 0.6) is 5.75 Å². The fourth-order valence-electron chi connectivity index (χ4n) is 3.22. The van der Waals surface area contributed by atoms with Crippen molar-refractivity contribution < 1.29 is 4.74 Å². The first-order valence-electron chi connectivity index (χ1n) is 9.65. The molecule has 5 nitrogen and oxygen atoms in total. The molecule has 0 aliphatic rings. The number of aryl methyl sites for hydroxylation is 1. The van der Waals surface area contributed by atoms with E-state index in [0.29, 0.717) is 12.6 Å². The Balaban J connectivity index is 1.45. The molecule has 0 atom stereocenters. The number of ether oxygens (including phenoxy) is 1. The minimum Gasteiger partial charge on any atom is -0.487 e. The lowest BCUT2D eigenvalue weighted by atomic mass is 9.78. The third-order valence-corrected chi connectivity index (χ3v) is 5.15. The maximum atomic E-state index is 5.93. The Kier molecular flexibility index (Phi) is 5.12. The number of rotatable bonds is 6. The summed E-state index contributed by atoms with van der Waals surface area (Å²) < 4.78 is 7.56. The Morgan fingerprint density at radius 2 is 1.59 bits per heavy atom. The zero-order valence-corrected chi connectivity index (χ0v) is 16.9. The van der Waals surface area contributed by atoms with E-state index < -0.39 is 0 Å². The highest BCUT2D eigenvalue weighted by molar-refractivity contribution is 5.40. The van der Waals surface area contributed by atoms with E-state index in [1.165, 1.54) is 16.7 Å². The fraction of sp³-hybridized carbons (Fsp3) is 0.208. The molecule has 5 heteroatoms. The lowest BCUT2D eigenvalue weighted by Gasteiger charge is -2.26. The molecule has 0 radical (unpaired) electrons. The minimum atomic E-state index is -0.0719. The molecular weight excluding hydrogens is 360 g/mol. The highest BCUT2D eigenvalue weighted by Crippen LogP contribution is 2.32. The van der Waals surface area contributed by atoms with Crippen LogP contribution in [0.3, 0.4) is 0 Å². The molecular formula is C24H24N4O. The van der Waals surface area contributed by atoms with Crippen LogP contribution in [0, 0.1) is 6.92 Å². The van der Waals surface area contributed by atoms with E-state index >= 15 is 0 Å². The maximum absolute atomic E-state index is 5.93. The lowest BCUT2D eigenvalue weighted by molar-refractivity contribution is 0.300. The Morgan fingerprint density at radius 1 is 0.897 bits per heavy atom. The SMILES string of the molecule is Cc1ccc(C(C)(C)c2ccc(OCc3ccnc(-n4cccn4)n3)cc2)cc1. The van der Waals surface area contributed by atoms with Gasteiger partial charge >= 0.3 is 0 Å². The predicted molar refractivity (Wildman–Crippen MR) is 113 cm³/mol. The first-order valence-corrected chi connectivity index (χ1v) is 9.65. The van der Waals surface area contributed by atoms with Crippen LogP contribution in [0.1, 0.15) is 36.2 Å². The smallest absolute Gasteiger partial charge is 0.250 e. The molecule has 2 aromatic carbocycles. The molecule has 0 saturated heterocycles. The molecule has 4 aromatic rings. The average molecular weight is 384 g/mol. The second kappa shape index (κ2) is 7.87. The van der Waals surface area contributed by atoms with E-state index in [1.807, 2.05) is 30.5 Å². The molecule has 146 valence electrons. The summed E-state index contributed by atoms with van der Waals surface area (Å²) in [5.74, 6) is 1.35. The molecule has 0 fully saturated rings. The molecule has 0 bridgehead atoms. The molecule has 0 N–H and O–H groups in total. The zero-order chi connectivity index (χ0) is 20.3. The van der Waals surface area contributed by atoms with Gasteiger partial charge in [-0.3, -0.25) is 0 Å². The van der Waals surface area contributed by atoms with Crippen molar-refractivity contribution in [2.24, 2.45) is 0 Å². The van der Waals surface area contributed by atoms with E-state index in [9.17, 15) is 0 Å². The summed E-state index contributed by atoms with van der Waals surface area (Å²) in [6, 6.07) is 20.7. The van der Waals surface area contributed by atoms with Gasteiger partial charge in [-0.05, 0) is 42.3 Å².